The van der Waals surface area contributed by atoms with Crippen molar-refractivity contribution in [2.75, 3.05) is 13.2 Å². The van der Waals surface area contributed by atoms with Gasteiger partial charge in [-0.15, -0.1) is 10.2 Å². The van der Waals surface area contributed by atoms with E-state index in [4.69, 9.17) is 14.2 Å². The molecule has 170 valence electrons. The molecule has 8 heteroatoms. The largest absolute Gasteiger partial charge is 0.490 e. The maximum absolute atomic E-state index is 13.7. The zero-order valence-corrected chi connectivity index (χ0v) is 18.6. The van der Waals surface area contributed by atoms with Gasteiger partial charge in [-0.3, -0.25) is 0 Å². The zero-order valence-electron chi connectivity index (χ0n) is 18.6. The number of aromatic nitrogens is 4. The number of hydrogen-bond acceptors (Lipinski definition) is 6. The van der Waals surface area contributed by atoms with E-state index in [0.29, 0.717) is 48.4 Å². The monoisotopic (exact) mass is 448 g/mol. The highest BCUT2D eigenvalue weighted by atomic mass is 19.1. The van der Waals surface area contributed by atoms with Gasteiger partial charge in [0.05, 0.1) is 19.8 Å². The van der Waals surface area contributed by atoms with Crippen LogP contribution in [0.5, 0.6) is 17.2 Å². The van der Waals surface area contributed by atoms with E-state index >= 15 is 0 Å². The Morgan fingerprint density at radius 3 is 2.36 bits per heavy atom. The summed E-state index contributed by atoms with van der Waals surface area (Å²) in [5.74, 6) is 2.27. The van der Waals surface area contributed by atoms with Gasteiger partial charge < -0.3 is 14.2 Å². The first-order valence-electron chi connectivity index (χ1n) is 10.8. The molecule has 0 amide bonds. The third kappa shape index (κ3) is 5.65. The Kier molecular flexibility index (Phi) is 7.14. The lowest BCUT2D eigenvalue weighted by atomic mass is 10.2. The second kappa shape index (κ2) is 10.6. The lowest BCUT2D eigenvalue weighted by molar-refractivity contribution is 0.287. The summed E-state index contributed by atoms with van der Waals surface area (Å²) in [5, 5.41) is 12.8. The van der Waals surface area contributed by atoms with Crippen LogP contribution in [0.1, 0.15) is 25.0 Å². The molecule has 1 aromatic heterocycles. The Morgan fingerprint density at radius 1 is 0.848 bits per heavy atom. The van der Waals surface area contributed by atoms with Gasteiger partial charge in [-0.2, -0.15) is 4.80 Å². The van der Waals surface area contributed by atoms with Crippen molar-refractivity contribution in [3.05, 3.63) is 83.7 Å². The van der Waals surface area contributed by atoms with Gasteiger partial charge in [-0.1, -0.05) is 24.3 Å². The first-order chi connectivity index (χ1) is 16.2. The van der Waals surface area contributed by atoms with E-state index in [-0.39, 0.29) is 12.4 Å². The van der Waals surface area contributed by atoms with Crippen LogP contribution in [0.3, 0.4) is 0 Å². The summed E-state index contributed by atoms with van der Waals surface area (Å²) in [7, 11) is 0. The van der Waals surface area contributed by atoms with Crippen LogP contribution in [0.15, 0.2) is 66.7 Å². The number of hydrogen-bond donors (Lipinski definition) is 0. The van der Waals surface area contributed by atoms with Crippen molar-refractivity contribution in [3.8, 4) is 28.6 Å². The molecule has 0 bridgehead atoms. The van der Waals surface area contributed by atoms with Crippen LogP contribution >= 0.6 is 0 Å². The quantitative estimate of drug-likeness (QED) is 0.344. The van der Waals surface area contributed by atoms with Gasteiger partial charge in [0.15, 0.2) is 11.5 Å². The highest BCUT2D eigenvalue weighted by molar-refractivity contribution is 5.55. The van der Waals surface area contributed by atoms with Crippen LogP contribution in [0, 0.1) is 5.82 Å². The number of tetrazole rings is 1. The predicted octanol–water partition coefficient (Wildman–Crippen LogP) is 4.90. The Bertz CT molecular complexity index is 1190. The fraction of sp³-hybridized carbons (Fsp3) is 0.240. The van der Waals surface area contributed by atoms with Gasteiger partial charge in [-0.05, 0) is 67.1 Å². The van der Waals surface area contributed by atoms with Gasteiger partial charge in [0.1, 0.15) is 18.2 Å². The topological polar surface area (TPSA) is 71.3 Å². The van der Waals surface area contributed by atoms with Gasteiger partial charge in [0.2, 0.25) is 5.82 Å². The van der Waals surface area contributed by atoms with Crippen molar-refractivity contribution >= 4 is 0 Å². The lowest BCUT2D eigenvalue weighted by Crippen LogP contribution is -2.05. The molecule has 0 spiro atoms. The number of ether oxygens (including phenoxy) is 3. The van der Waals surface area contributed by atoms with Crippen LogP contribution in [-0.4, -0.2) is 33.4 Å². The van der Waals surface area contributed by atoms with Crippen LogP contribution < -0.4 is 14.2 Å². The molecule has 4 rings (SSSR count). The molecule has 4 aromatic rings. The molecule has 0 radical (unpaired) electrons. The van der Waals surface area contributed by atoms with E-state index in [1.807, 2.05) is 44.2 Å². The van der Waals surface area contributed by atoms with Crippen molar-refractivity contribution in [2.24, 2.45) is 0 Å². The van der Waals surface area contributed by atoms with Crippen LogP contribution in [-0.2, 0) is 13.2 Å². The molecule has 0 atom stereocenters. The summed E-state index contributed by atoms with van der Waals surface area (Å²) in [6, 6.07) is 19.6. The normalized spacial score (nSPS) is 10.8. The van der Waals surface area contributed by atoms with Crippen molar-refractivity contribution in [1.82, 2.24) is 20.2 Å². The van der Waals surface area contributed by atoms with E-state index in [1.165, 1.54) is 10.9 Å². The van der Waals surface area contributed by atoms with Crippen molar-refractivity contribution in [1.29, 1.82) is 0 Å². The fourth-order valence-electron chi connectivity index (χ4n) is 3.26. The minimum absolute atomic E-state index is 0.159. The standard InChI is InChI=1S/C25H25FN4O3/c1-3-31-23-14-9-18(15-24(23)32-4-2)16-30-28-25(27-29-30)19-10-12-21(13-11-19)33-17-20-7-5-6-8-22(20)26/h5-15H,3-4,16-17H2,1-2H3. The summed E-state index contributed by atoms with van der Waals surface area (Å²) >= 11 is 0. The number of benzene rings is 3. The number of rotatable bonds is 10. The van der Waals surface area contributed by atoms with E-state index in [0.717, 1.165) is 11.1 Å². The molecular weight excluding hydrogens is 423 g/mol. The Morgan fingerprint density at radius 2 is 1.61 bits per heavy atom. The minimum atomic E-state index is -0.282. The average Bonchev–Trinajstić information content (AvgIpc) is 3.29. The smallest absolute Gasteiger partial charge is 0.204 e. The summed E-state index contributed by atoms with van der Waals surface area (Å²) in [4.78, 5) is 1.53. The van der Waals surface area contributed by atoms with Gasteiger partial charge in [0.25, 0.3) is 0 Å². The molecule has 1 heterocycles. The third-order valence-corrected chi connectivity index (χ3v) is 4.85. The first-order valence-corrected chi connectivity index (χ1v) is 10.8. The molecule has 0 N–H and O–H groups in total. The zero-order chi connectivity index (χ0) is 23.0. The van der Waals surface area contributed by atoms with Crippen molar-refractivity contribution < 1.29 is 18.6 Å². The second-order valence-electron chi connectivity index (χ2n) is 7.20. The summed E-state index contributed by atoms with van der Waals surface area (Å²) in [6.45, 7) is 5.60. The molecule has 0 aliphatic rings. The second-order valence-corrected chi connectivity index (χ2v) is 7.20. The Hall–Kier alpha value is -3.94. The number of nitrogens with zero attached hydrogens (tertiary/aromatic N) is 4. The minimum Gasteiger partial charge on any atom is -0.490 e. The molecule has 0 unspecified atom stereocenters. The Balaban J connectivity index is 1.41. The average molecular weight is 448 g/mol. The van der Waals surface area contributed by atoms with Crippen LogP contribution in [0.25, 0.3) is 11.4 Å². The van der Waals surface area contributed by atoms with E-state index in [2.05, 4.69) is 15.4 Å². The van der Waals surface area contributed by atoms with E-state index < -0.39 is 0 Å². The van der Waals surface area contributed by atoms with Gasteiger partial charge in [0, 0.05) is 11.1 Å². The summed E-state index contributed by atoms with van der Waals surface area (Å²) < 4.78 is 30.7. The van der Waals surface area contributed by atoms with Gasteiger partial charge >= 0.3 is 0 Å². The van der Waals surface area contributed by atoms with Gasteiger partial charge in [-0.25, -0.2) is 4.39 Å². The molecule has 0 saturated carbocycles. The van der Waals surface area contributed by atoms with E-state index in [9.17, 15) is 4.39 Å². The maximum atomic E-state index is 13.7. The lowest BCUT2D eigenvalue weighted by Gasteiger charge is -2.12. The highest BCUT2D eigenvalue weighted by Crippen LogP contribution is 2.29. The summed E-state index contributed by atoms with van der Waals surface area (Å²) in [5.41, 5.74) is 2.29. The van der Waals surface area contributed by atoms with Crippen molar-refractivity contribution in [3.63, 3.8) is 0 Å². The molecular formula is C25H25FN4O3. The molecule has 0 aliphatic carbocycles. The molecule has 0 fully saturated rings. The third-order valence-electron chi connectivity index (χ3n) is 4.85. The molecule has 33 heavy (non-hydrogen) atoms. The highest BCUT2D eigenvalue weighted by Gasteiger charge is 2.10. The Labute approximate surface area is 191 Å². The molecule has 0 saturated heterocycles. The predicted molar refractivity (Wildman–Crippen MR) is 122 cm³/mol. The van der Waals surface area contributed by atoms with Crippen LogP contribution in [0.2, 0.25) is 0 Å². The summed E-state index contributed by atoms with van der Waals surface area (Å²) in [6.07, 6.45) is 0. The number of halogens is 1. The molecule has 0 aliphatic heterocycles. The van der Waals surface area contributed by atoms with E-state index in [1.54, 1.807) is 30.3 Å². The fourth-order valence-corrected chi connectivity index (χ4v) is 3.26. The van der Waals surface area contributed by atoms with Crippen LogP contribution in [0.4, 0.5) is 4.39 Å². The SMILES string of the molecule is CCOc1ccc(Cn2nnc(-c3ccc(OCc4ccccc4F)cc3)n2)cc1OCC. The maximum Gasteiger partial charge on any atom is 0.204 e. The van der Waals surface area contributed by atoms with Crippen molar-refractivity contribution in [2.45, 2.75) is 27.0 Å². The molecule has 7 nitrogen and oxygen atoms in total. The molecule has 3 aromatic carbocycles. The first kappa shape index (κ1) is 22.3.